The van der Waals surface area contributed by atoms with Crippen LogP contribution in [0.1, 0.15) is 19.8 Å². The molecule has 0 spiro atoms. The monoisotopic (exact) mass is 267 g/mol. The van der Waals surface area contributed by atoms with Gasteiger partial charge in [-0.25, -0.2) is 0 Å². The fourth-order valence-corrected chi connectivity index (χ4v) is 2.37. The van der Waals surface area contributed by atoms with E-state index in [1.807, 2.05) is 7.05 Å². The molecular formula is C12H24F3N3. The van der Waals surface area contributed by atoms with Crippen molar-refractivity contribution in [2.75, 3.05) is 46.3 Å². The molecule has 0 aromatic carbocycles. The van der Waals surface area contributed by atoms with Crippen LogP contribution in [-0.2, 0) is 0 Å². The average Bonchev–Trinajstić information content (AvgIpc) is 2.28. The molecule has 108 valence electrons. The van der Waals surface area contributed by atoms with E-state index in [-0.39, 0.29) is 0 Å². The van der Waals surface area contributed by atoms with Crippen LogP contribution in [0, 0.1) is 0 Å². The summed E-state index contributed by atoms with van der Waals surface area (Å²) in [5.41, 5.74) is 0. The molecule has 0 saturated carbocycles. The van der Waals surface area contributed by atoms with Gasteiger partial charge >= 0.3 is 6.18 Å². The van der Waals surface area contributed by atoms with Gasteiger partial charge in [0.15, 0.2) is 0 Å². The molecule has 0 aromatic heterocycles. The van der Waals surface area contributed by atoms with E-state index in [1.54, 1.807) is 0 Å². The molecule has 1 rings (SSSR count). The van der Waals surface area contributed by atoms with Gasteiger partial charge in [0.25, 0.3) is 0 Å². The van der Waals surface area contributed by atoms with Gasteiger partial charge in [0, 0.05) is 32.2 Å². The maximum atomic E-state index is 12.2. The summed E-state index contributed by atoms with van der Waals surface area (Å²) in [5, 5.41) is 3.11. The predicted octanol–water partition coefficient (Wildman–Crippen LogP) is 1.55. The van der Waals surface area contributed by atoms with Gasteiger partial charge in [0.2, 0.25) is 0 Å². The molecule has 0 aromatic rings. The molecule has 0 amide bonds. The summed E-state index contributed by atoms with van der Waals surface area (Å²) in [6.07, 6.45) is -1.86. The molecule has 1 aliphatic rings. The van der Waals surface area contributed by atoms with Crippen molar-refractivity contribution < 1.29 is 13.2 Å². The molecule has 1 atom stereocenters. The Bertz CT molecular complexity index is 225. The second-order valence-corrected chi connectivity index (χ2v) is 5.02. The largest absolute Gasteiger partial charge is 0.401 e. The zero-order valence-electron chi connectivity index (χ0n) is 11.3. The first kappa shape index (κ1) is 15.7. The van der Waals surface area contributed by atoms with Gasteiger partial charge in [-0.1, -0.05) is 0 Å². The minimum Gasteiger partial charge on any atom is -0.320 e. The van der Waals surface area contributed by atoms with Gasteiger partial charge < -0.3 is 5.32 Å². The minimum atomic E-state index is -4.07. The van der Waals surface area contributed by atoms with Gasteiger partial charge in [-0.15, -0.1) is 0 Å². The zero-order chi connectivity index (χ0) is 13.6. The Morgan fingerprint density at radius 1 is 1.17 bits per heavy atom. The molecule has 0 radical (unpaired) electrons. The van der Waals surface area contributed by atoms with E-state index >= 15 is 0 Å². The summed E-state index contributed by atoms with van der Waals surface area (Å²) >= 11 is 0. The molecule has 1 saturated heterocycles. The number of piperazine rings is 1. The summed E-state index contributed by atoms with van der Waals surface area (Å²) in [6.45, 7) is 4.93. The highest BCUT2D eigenvalue weighted by Crippen LogP contribution is 2.18. The third kappa shape index (κ3) is 6.02. The number of rotatable bonds is 6. The van der Waals surface area contributed by atoms with E-state index in [2.05, 4.69) is 17.1 Å². The minimum absolute atomic E-state index is 0.464. The maximum absolute atomic E-state index is 12.2. The van der Waals surface area contributed by atoms with E-state index in [9.17, 15) is 13.2 Å². The number of nitrogens with zero attached hydrogens (tertiary/aromatic N) is 2. The van der Waals surface area contributed by atoms with E-state index in [1.165, 1.54) is 4.90 Å². The Kier molecular flexibility index (Phi) is 6.38. The topological polar surface area (TPSA) is 18.5 Å². The van der Waals surface area contributed by atoms with Crippen LogP contribution < -0.4 is 5.32 Å². The van der Waals surface area contributed by atoms with Crippen molar-refractivity contribution in [2.24, 2.45) is 0 Å². The van der Waals surface area contributed by atoms with E-state index in [0.29, 0.717) is 19.1 Å². The first-order valence-corrected chi connectivity index (χ1v) is 6.60. The highest BCUT2D eigenvalue weighted by Gasteiger charge is 2.32. The van der Waals surface area contributed by atoms with E-state index < -0.39 is 12.7 Å². The Morgan fingerprint density at radius 3 is 2.28 bits per heavy atom. The van der Waals surface area contributed by atoms with Crippen molar-refractivity contribution in [2.45, 2.75) is 32.0 Å². The predicted molar refractivity (Wildman–Crippen MR) is 66.7 cm³/mol. The van der Waals surface area contributed by atoms with Gasteiger partial charge in [-0.05, 0) is 33.4 Å². The van der Waals surface area contributed by atoms with Gasteiger partial charge in [0.1, 0.15) is 0 Å². The average molecular weight is 267 g/mol. The highest BCUT2D eigenvalue weighted by molar-refractivity contribution is 4.77. The molecular weight excluding hydrogens is 243 g/mol. The third-order valence-corrected chi connectivity index (χ3v) is 3.48. The summed E-state index contributed by atoms with van der Waals surface area (Å²) in [7, 11) is 1.93. The normalized spacial score (nSPS) is 21.2. The van der Waals surface area contributed by atoms with Crippen molar-refractivity contribution in [3.63, 3.8) is 0 Å². The lowest BCUT2D eigenvalue weighted by molar-refractivity contribution is -0.149. The molecule has 0 bridgehead atoms. The van der Waals surface area contributed by atoms with Crippen molar-refractivity contribution in [3.05, 3.63) is 0 Å². The van der Waals surface area contributed by atoms with Crippen molar-refractivity contribution in [1.82, 2.24) is 15.1 Å². The Balaban J connectivity index is 2.22. The molecule has 1 fully saturated rings. The second-order valence-electron chi connectivity index (χ2n) is 5.02. The maximum Gasteiger partial charge on any atom is 0.401 e. The lowest BCUT2D eigenvalue weighted by Gasteiger charge is -2.38. The Labute approximate surface area is 107 Å². The van der Waals surface area contributed by atoms with E-state index in [0.717, 1.165) is 32.5 Å². The summed E-state index contributed by atoms with van der Waals surface area (Å²) in [5.74, 6) is 0. The van der Waals surface area contributed by atoms with Crippen LogP contribution >= 0.6 is 0 Å². The van der Waals surface area contributed by atoms with Crippen LogP contribution in [0.3, 0.4) is 0 Å². The second kappa shape index (κ2) is 7.31. The molecule has 1 aliphatic heterocycles. The fourth-order valence-electron chi connectivity index (χ4n) is 2.37. The zero-order valence-corrected chi connectivity index (χ0v) is 11.3. The van der Waals surface area contributed by atoms with Crippen LogP contribution in [-0.4, -0.2) is 68.3 Å². The number of alkyl halides is 3. The van der Waals surface area contributed by atoms with Crippen molar-refractivity contribution in [3.8, 4) is 0 Å². The smallest absolute Gasteiger partial charge is 0.320 e. The SMILES string of the molecule is CNCCCC(C)N1CCN(CC(F)(F)F)CC1. The molecule has 1 N–H and O–H groups in total. The number of hydrogen-bond acceptors (Lipinski definition) is 3. The van der Waals surface area contributed by atoms with Crippen LogP contribution in [0.2, 0.25) is 0 Å². The quantitative estimate of drug-likeness (QED) is 0.737. The van der Waals surface area contributed by atoms with Gasteiger partial charge in [-0.3, -0.25) is 9.80 Å². The summed E-state index contributed by atoms with van der Waals surface area (Å²) in [4.78, 5) is 3.79. The first-order chi connectivity index (χ1) is 8.42. The lowest BCUT2D eigenvalue weighted by Crippen LogP contribution is -2.51. The summed E-state index contributed by atoms with van der Waals surface area (Å²) < 4.78 is 36.7. The van der Waals surface area contributed by atoms with Crippen LogP contribution in [0.15, 0.2) is 0 Å². The van der Waals surface area contributed by atoms with Crippen LogP contribution in [0.25, 0.3) is 0 Å². The molecule has 6 heteroatoms. The molecule has 1 unspecified atom stereocenters. The molecule has 1 heterocycles. The summed E-state index contributed by atoms with van der Waals surface area (Å²) in [6, 6.07) is 0.464. The molecule has 18 heavy (non-hydrogen) atoms. The van der Waals surface area contributed by atoms with Crippen LogP contribution in [0.5, 0.6) is 0 Å². The Hall–Kier alpha value is -0.330. The van der Waals surface area contributed by atoms with E-state index in [4.69, 9.17) is 0 Å². The van der Waals surface area contributed by atoms with Crippen LogP contribution in [0.4, 0.5) is 13.2 Å². The number of nitrogens with one attached hydrogen (secondary N) is 1. The highest BCUT2D eigenvalue weighted by atomic mass is 19.4. The molecule has 3 nitrogen and oxygen atoms in total. The lowest BCUT2D eigenvalue weighted by atomic mass is 10.1. The number of hydrogen-bond donors (Lipinski definition) is 1. The standard InChI is InChI=1S/C12H24F3N3/c1-11(4-3-5-16-2)18-8-6-17(7-9-18)10-12(13,14)15/h11,16H,3-10H2,1-2H3. The van der Waals surface area contributed by atoms with Crippen molar-refractivity contribution >= 4 is 0 Å². The fraction of sp³-hybridized carbons (Fsp3) is 1.00. The molecule has 0 aliphatic carbocycles. The van der Waals surface area contributed by atoms with Crippen molar-refractivity contribution in [1.29, 1.82) is 0 Å². The van der Waals surface area contributed by atoms with Gasteiger partial charge in [-0.2, -0.15) is 13.2 Å². The first-order valence-electron chi connectivity index (χ1n) is 6.60. The third-order valence-electron chi connectivity index (χ3n) is 3.48. The van der Waals surface area contributed by atoms with Gasteiger partial charge in [0.05, 0.1) is 6.54 Å². The Morgan fingerprint density at radius 2 is 1.78 bits per heavy atom. The number of halogens is 3.